The highest BCUT2D eigenvalue weighted by Gasteiger charge is 2.48. The second-order valence-electron chi connectivity index (χ2n) is 9.91. The summed E-state index contributed by atoms with van der Waals surface area (Å²) in [6, 6.07) is 18.2. The molecular weight excluding hydrogens is 426 g/mol. The van der Waals surface area contributed by atoms with Gasteiger partial charge in [-0.25, -0.2) is 14.5 Å². The topological polar surface area (TPSA) is 83.9 Å². The van der Waals surface area contributed by atoms with Crippen molar-refractivity contribution in [2.24, 2.45) is 11.3 Å². The molecule has 1 atom stereocenters. The highest BCUT2D eigenvalue weighted by atomic mass is 16.2. The van der Waals surface area contributed by atoms with Gasteiger partial charge in [-0.2, -0.15) is 5.10 Å². The van der Waals surface area contributed by atoms with Crippen molar-refractivity contribution < 1.29 is 4.79 Å². The Morgan fingerprint density at radius 3 is 2.71 bits per heavy atom. The summed E-state index contributed by atoms with van der Waals surface area (Å²) in [4.78, 5) is 31.7. The van der Waals surface area contributed by atoms with Gasteiger partial charge in [-0.3, -0.25) is 9.78 Å². The zero-order chi connectivity index (χ0) is 23.3. The maximum absolute atomic E-state index is 12.7. The molecule has 2 aliphatic rings. The number of carbonyl (C=O) groups excluding carboxylic acids is 1. The Balaban J connectivity index is 1.21. The number of fused-ring (bicyclic) bond motifs is 1. The third-order valence-corrected chi connectivity index (χ3v) is 7.37. The molecular formula is C27H27N5O2. The van der Waals surface area contributed by atoms with E-state index in [-0.39, 0.29) is 17.0 Å². The van der Waals surface area contributed by atoms with E-state index < -0.39 is 0 Å². The molecule has 1 unspecified atom stereocenters. The van der Waals surface area contributed by atoms with Gasteiger partial charge in [0.15, 0.2) is 0 Å². The Kier molecular flexibility index (Phi) is 4.86. The fourth-order valence-electron chi connectivity index (χ4n) is 5.01. The van der Waals surface area contributed by atoms with Crippen LogP contribution in [0.2, 0.25) is 0 Å². The standard InChI is InChI=1S/C27H27N5O2/c1-27(11-12-27)25(33)31-14-10-18(17-31)15-24-29-30-26(34)32(24)22-8-6-19(7-9-22)21-5-4-20-3-2-13-28-23(20)16-21/h2-9,13,16,18H,10-12,14-15,17H2,1H3,(H,30,34). The number of rotatable bonds is 5. The van der Waals surface area contributed by atoms with Crippen LogP contribution in [0.3, 0.4) is 0 Å². The van der Waals surface area contributed by atoms with Crippen molar-refractivity contribution in [2.75, 3.05) is 13.1 Å². The lowest BCUT2D eigenvalue weighted by molar-refractivity contribution is -0.135. The van der Waals surface area contributed by atoms with Gasteiger partial charge in [0, 0.05) is 36.5 Å². The average Bonchev–Trinajstić information content (AvgIpc) is 3.28. The third-order valence-electron chi connectivity index (χ3n) is 7.37. The largest absolute Gasteiger partial charge is 0.347 e. The summed E-state index contributed by atoms with van der Waals surface area (Å²) in [5.41, 5.74) is 3.51. The predicted octanol–water partition coefficient (Wildman–Crippen LogP) is 3.97. The van der Waals surface area contributed by atoms with Crippen molar-refractivity contribution in [2.45, 2.75) is 32.6 Å². The molecule has 172 valence electrons. The number of hydrogen-bond donors (Lipinski definition) is 1. The van der Waals surface area contributed by atoms with Crippen molar-refractivity contribution in [1.29, 1.82) is 0 Å². The molecule has 34 heavy (non-hydrogen) atoms. The van der Waals surface area contributed by atoms with E-state index in [4.69, 9.17) is 0 Å². The molecule has 1 aliphatic carbocycles. The number of carbonyl (C=O) groups is 1. The molecule has 7 nitrogen and oxygen atoms in total. The molecule has 2 fully saturated rings. The summed E-state index contributed by atoms with van der Waals surface area (Å²) >= 11 is 0. The van der Waals surface area contributed by atoms with Crippen LogP contribution in [-0.2, 0) is 11.2 Å². The van der Waals surface area contributed by atoms with E-state index in [0.29, 0.717) is 18.2 Å². The monoisotopic (exact) mass is 453 g/mol. The summed E-state index contributed by atoms with van der Waals surface area (Å²) in [6.45, 7) is 3.60. The molecule has 1 amide bonds. The van der Waals surface area contributed by atoms with Crippen LogP contribution in [0.5, 0.6) is 0 Å². The van der Waals surface area contributed by atoms with Gasteiger partial charge in [0.05, 0.1) is 11.2 Å². The molecule has 2 aromatic carbocycles. The Labute approximate surface area is 197 Å². The molecule has 0 bridgehead atoms. The molecule has 4 aromatic rings. The van der Waals surface area contributed by atoms with Crippen molar-refractivity contribution in [3.8, 4) is 16.8 Å². The summed E-state index contributed by atoms with van der Waals surface area (Å²) in [5, 5.41) is 8.04. The smallest absolute Gasteiger partial charge is 0.342 e. The molecule has 0 radical (unpaired) electrons. The number of nitrogens with zero attached hydrogens (tertiary/aromatic N) is 4. The molecule has 3 heterocycles. The number of benzene rings is 2. The highest BCUT2D eigenvalue weighted by molar-refractivity contribution is 5.85. The van der Waals surface area contributed by atoms with Crippen LogP contribution < -0.4 is 5.69 Å². The summed E-state index contributed by atoms with van der Waals surface area (Å²) in [7, 11) is 0. The van der Waals surface area contributed by atoms with Crippen molar-refractivity contribution >= 4 is 16.8 Å². The van der Waals surface area contributed by atoms with E-state index >= 15 is 0 Å². The number of aromatic amines is 1. The number of hydrogen-bond acceptors (Lipinski definition) is 4. The predicted molar refractivity (Wildman–Crippen MR) is 131 cm³/mol. The lowest BCUT2D eigenvalue weighted by atomic mass is 10.0. The van der Waals surface area contributed by atoms with Gasteiger partial charge in [-0.1, -0.05) is 37.3 Å². The van der Waals surface area contributed by atoms with Crippen molar-refractivity contribution in [1.82, 2.24) is 24.6 Å². The maximum atomic E-state index is 12.7. The Hall–Kier alpha value is -3.74. The first kappa shape index (κ1) is 20.8. The fraction of sp³-hybridized carbons (Fsp3) is 0.333. The van der Waals surface area contributed by atoms with Crippen molar-refractivity contribution in [3.63, 3.8) is 0 Å². The molecule has 1 saturated heterocycles. The second-order valence-corrected chi connectivity index (χ2v) is 9.91. The van der Waals surface area contributed by atoms with E-state index in [1.807, 2.05) is 41.3 Å². The van der Waals surface area contributed by atoms with E-state index in [0.717, 1.165) is 60.1 Å². The molecule has 6 rings (SSSR count). The molecule has 2 aromatic heterocycles. The van der Waals surface area contributed by atoms with E-state index in [9.17, 15) is 9.59 Å². The van der Waals surface area contributed by atoms with E-state index in [2.05, 4.69) is 40.3 Å². The molecule has 1 saturated carbocycles. The van der Waals surface area contributed by atoms with Gasteiger partial charge in [0.2, 0.25) is 5.91 Å². The number of likely N-dealkylation sites (tertiary alicyclic amines) is 1. The molecule has 1 aliphatic heterocycles. The summed E-state index contributed by atoms with van der Waals surface area (Å²) in [5.74, 6) is 1.31. The molecule has 7 heteroatoms. The van der Waals surface area contributed by atoms with Crippen LogP contribution in [0.4, 0.5) is 0 Å². The van der Waals surface area contributed by atoms with E-state index in [1.165, 1.54) is 0 Å². The van der Waals surface area contributed by atoms with Gasteiger partial charge >= 0.3 is 5.69 Å². The fourth-order valence-corrected chi connectivity index (χ4v) is 5.01. The van der Waals surface area contributed by atoms with Gasteiger partial charge in [0.25, 0.3) is 0 Å². The van der Waals surface area contributed by atoms with Gasteiger partial charge in [-0.15, -0.1) is 0 Å². The number of amides is 1. The number of aromatic nitrogens is 4. The number of H-pyrrole nitrogens is 1. The minimum atomic E-state index is -0.242. The zero-order valence-corrected chi connectivity index (χ0v) is 19.2. The Bertz CT molecular complexity index is 1430. The first-order valence-electron chi connectivity index (χ1n) is 11.9. The summed E-state index contributed by atoms with van der Waals surface area (Å²) in [6.07, 6.45) is 5.40. The minimum absolute atomic E-state index is 0.133. The average molecular weight is 454 g/mol. The zero-order valence-electron chi connectivity index (χ0n) is 19.2. The maximum Gasteiger partial charge on any atom is 0.347 e. The lowest BCUT2D eigenvalue weighted by Crippen LogP contribution is -2.34. The second kappa shape index (κ2) is 7.94. The normalized spacial score (nSPS) is 19.0. The van der Waals surface area contributed by atoms with E-state index in [1.54, 1.807) is 10.8 Å². The third kappa shape index (κ3) is 3.71. The van der Waals surface area contributed by atoms with Crippen molar-refractivity contribution in [3.05, 3.63) is 77.1 Å². The first-order chi connectivity index (χ1) is 16.5. The number of nitrogens with one attached hydrogen (secondary N) is 1. The summed E-state index contributed by atoms with van der Waals surface area (Å²) < 4.78 is 1.65. The van der Waals surface area contributed by atoms with Crippen LogP contribution in [0.1, 0.15) is 32.0 Å². The Morgan fingerprint density at radius 1 is 1.12 bits per heavy atom. The van der Waals surface area contributed by atoms with Gasteiger partial charge in [-0.05, 0) is 60.6 Å². The van der Waals surface area contributed by atoms with Gasteiger partial charge < -0.3 is 4.90 Å². The quantitative estimate of drug-likeness (QED) is 0.496. The molecule has 1 N–H and O–H groups in total. The number of pyridine rings is 1. The molecule has 0 spiro atoms. The van der Waals surface area contributed by atoms with Crippen LogP contribution in [0.15, 0.2) is 65.6 Å². The Morgan fingerprint density at radius 2 is 1.91 bits per heavy atom. The highest BCUT2D eigenvalue weighted by Crippen LogP contribution is 2.47. The van der Waals surface area contributed by atoms with Crippen LogP contribution >= 0.6 is 0 Å². The van der Waals surface area contributed by atoms with Crippen LogP contribution in [-0.4, -0.2) is 43.6 Å². The first-order valence-corrected chi connectivity index (χ1v) is 11.9. The van der Waals surface area contributed by atoms with Crippen LogP contribution in [0.25, 0.3) is 27.7 Å². The van der Waals surface area contributed by atoms with Crippen LogP contribution in [0, 0.1) is 11.3 Å². The minimum Gasteiger partial charge on any atom is -0.342 e. The van der Waals surface area contributed by atoms with Gasteiger partial charge in [0.1, 0.15) is 5.82 Å². The lowest BCUT2D eigenvalue weighted by Gasteiger charge is -2.20. The SMILES string of the molecule is CC1(C(=O)N2CCC(Cc3n[nH]c(=O)n3-c3ccc(-c4ccc5cccnc5c4)cc3)C2)CC1.